The number of Topliss-reactive ketones (excluding diaryl/α,β-unsaturated/α-hetero) is 1. The fourth-order valence-electron chi connectivity index (χ4n) is 2.86. The smallest absolute Gasteiger partial charge is 0.152 e. The van der Waals surface area contributed by atoms with Gasteiger partial charge in [-0.3, -0.25) is 4.79 Å². The highest BCUT2D eigenvalue weighted by Gasteiger charge is 2.29. The second kappa shape index (κ2) is 8.36. The molecule has 5 heteroatoms. The van der Waals surface area contributed by atoms with Gasteiger partial charge in [-0.05, 0) is 56.0 Å². The number of aromatic amines is 1. The van der Waals surface area contributed by atoms with E-state index < -0.39 is 0 Å². The minimum Gasteiger partial charge on any atom is -0.300 e. The average Bonchev–Trinajstić information content (AvgIpc) is 3.04. The van der Waals surface area contributed by atoms with Gasteiger partial charge >= 0.3 is 0 Å². The molecule has 0 aliphatic carbocycles. The van der Waals surface area contributed by atoms with E-state index in [0.29, 0.717) is 5.82 Å². The van der Waals surface area contributed by atoms with Crippen molar-refractivity contribution in [3.8, 4) is 0 Å². The quantitative estimate of drug-likeness (QED) is 0.758. The molecule has 0 saturated carbocycles. The van der Waals surface area contributed by atoms with Crippen LogP contribution in [0, 0.1) is 5.92 Å². The first-order chi connectivity index (χ1) is 11.1. The zero-order valence-corrected chi connectivity index (χ0v) is 14.0. The number of nitrogens with one attached hydrogen (secondary N) is 1. The lowest BCUT2D eigenvalue weighted by molar-refractivity contribution is -0.121. The molecule has 1 heterocycles. The summed E-state index contributed by atoms with van der Waals surface area (Å²) < 4.78 is 0. The van der Waals surface area contributed by atoms with Crippen molar-refractivity contribution >= 4 is 5.78 Å². The molecule has 0 aliphatic heterocycles. The van der Waals surface area contributed by atoms with Gasteiger partial charge in [-0.25, -0.2) is 5.10 Å². The highest BCUT2D eigenvalue weighted by atomic mass is 16.1. The topological polar surface area (TPSA) is 71.5 Å². The van der Waals surface area contributed by atoms with E-state index >= 15 is 0 Å². The Bertz CT molecular complexity index is 630. The monoisotopic (exact) mass is 312 g/mol. The van der Waals surface area contributed by atoms with Crippen LogP contribution in [-0.2, 0) is 11.2 Å². The summed E-state index contributed by atoms with van der Waals surface area (Å²) in [7, 11) is 0. The molecule has 0 radical (unpaired) electrons. The highest BCUT2D eigenvalue weighted by molar-refractivity contribution is 5.79. The molecule has 2 aromatic rings. The number of nitrogens with zero attached hydrogens (tertiary/aromatic N) is 3. The summed E-state index contributed by atoms with van der Waals surface area (Å²) in [5.41, 5.74) is 2.45. The molecule has 1 aromatic heterocycles. The van der Waals surface area contributed by atoms with Crippen molar-refractivity contribution in [3.63, 3.8) is 0 Å². The van der Waals surface area contributed by atoms with Crippen LogP contribution in [0.1, 0.15) is 50.9 Å². The molecule has 1 N–H and O–H groups in total. The predicted molar refractivity (Wildman–Crippen MR) is 89.9 cm³/mol. The molecular formula is C18H24N4O. The number of tetrazole rings is 1. The van der Waals surface area contributed by atoms with Crippen LogP contribution in [0.25, 0.3) is 0 Å². The molecular weight excluding hydrogens is 288 g/mol. The maximum Gasteiger partial charge on any atom is 0.152 e. The first-order valence-electron chi connectivity index (χ1n) is 7.99. The Kier molecular flexibility index (Phi) is 6.20. The molecule has 0 saturated heterocycles. The van der Waals surface area contributed by atoms with E-state index in [0.717, 1.165) is 19.3 Å². The van der Waals surface area contributed by atoms with Crippen LogP contribution in [0.15, 0.2) is 42.0 Å². The summed E-state index contributed by atoms with van der Waals surface area (Å²) in [5.74, 6) is 0.742. The minimum absolute atomic E-state index is 0.0320. The van der Waals surface area contributed by atoms with E-state index in [1.807, 2.05) is 18.2 Å². The SMILES string of the molecule is CC(=O)[C@@H](CCC=C(C)C)[C@H](Cc1ccccc1)c1nnn[nH]1. The van der Waals surface area contributed by atoms with E-state index in [9.17, 15) is 4.79 Å². The van der Waals surface area contributed by atoms with E-state index in [1.54, 1.807) is 6.92 Å². The molecule has 0 unspecified atom stereocenters. The van der Waals surface area contributed by atoms with Crippen LogP contribution < -0.4 is 0 Å². The van der Waals surface area contributed by atoms with Crippen molar-refractivity contribution in [2.24, 2.45) is 5.92 Å². The van der Waals surface area contributed by atoms with Gasteiger partial charge in [-0.2, -0.15) is 0 Å². The highest BCUT2D eigenvalue weighted by Crippen LogP contribution is 2.30. The number of carbonyl (C=O) groups excluding carboxylic acids is 1. The third-order valence-corrected chi connectivity index (χ3v) is 4.05. The zero-order valence-electron chi connectivity index (χ0n) is 14.0. The molecule has 0 spiro atoms. The van der Waals surface area contributed by atoms with Crippen LogP contribution in [0.2, 0.25) is 0 Å². The lowest BCUT2D eigenvalue weighted by Crippen LogP contribution is -2.23. The molecule has 2 atom stereocenters. The van der Waals surface area contributed by atoms with Crippen molar-refractivity contribution in [1.29, 1.82) is 0 Å². The Morgan fingerprint density at radius 2 is 1.96 bits per heavy atom. The molecule has 0 amide bonds. The van der Waals surface area contributed by atoms with E-state index in [-0.39, 0.29) is 17.6 Å². The fraction of sp³-hybridized carbons (Fsp3) is 0.444. The van der Waals surface area contributed by atoms with Crippen LogP contribution in [0.4, 0.5) is 0 Å². The summed E-state index contributed by atoms with van der Waals surface area (Å²) in [6.07, 6.45) is 4.61. The molecule has 1 aromatic carbocycles. The van der Waals surface area contributed by atoms with Gasteiger partial charge in [0.1, 0.15) is 5.78 Å². The van der Waals surface area contributed by atoms with Gasteiger partial charge in [0.05, 0.1) is 0 Å². The number of rotatable bonds is 8. The van der Waals surface area contributed by atoms with Gasteiger partial charge < -0.3 is 0 Å². The molecule has 0 fully saturated rings. The third-order valence-electron chi connectivity index (χ3n) is 4.05. The number of aromatic nitrogens is 4. The Labute approximate surface area is 137 Å². The fourth-order valence-corrected chi connectivity index (χ4v) is 2.86. The van der Waals surface area contributed by atoms with Gasteiger partial charge in [0, 0.05) is 11.8 Å². The van der Waals surface area contributed by atoms with Crippen LogP contribution in [0.5, 0.6) is 0 Å². The summed E-state index contributed by atoms with van der Waals surface area (Å²) in [6.45, 7) is 5.81. The third kappa shape index (κ3) is 5.13. The number of H-pyrrole nitrogens is 1. The molecule has 5 nitrogen and oxygen atoms in total. The van der Waals surface area contributed by atoms with E-state index in [1.165, 1.54) is 11.1 Å². The Morgan fingerprint density at radius 1 is 1.22 bits per heavy atom. The van der Waals surface area contributed by atoms with Gasteiger partial charge in [0.2, 0.25) is 0 Å². The summed E-state index contributed by atoms with van der Waals surface area (Å²) in [6, 6.07) is 10.2. The predicted octanol–water partition coefficient (Wildman–Crippen LogP) is 3.48. The number of hydrogen-bond donors (Lipinski definition) is 1. The van der Waals surface area contributed by atoms with Crippen molar-refractivity contribution in [3.05, 3.63) is 53.4 Å². The Hall–Kier alpha value is -2.30. The lowest BCUT2D eigenvalue weighted by atomic mass is 9.81. The second-order valence-electron chi connectivity index (χ2n) is 6.16. The van der Waals surface area contributed by atoms with Crippen molar-refractivity contribution in [2.75, 3.05) is 0 Å². The van der Waals surface area contributed by atoms with Crippen LogP contribution >= 0.6 is 0 Å². The maximum absolute atomic E-state index is 12.2. The molecule has 2 rings (SSSR count). The number of ketones is 1. The van der Waals surface area contributed by atoms with Gasteiger partial charge in [-0.1, -0.05) is 42.0 Å². The minimum atomic E-state index is -0.0967. The average molecular weight is 312 g/mol. The van der Waals surface area contributed by atoms with Crippen LogP contribution in [-0.4, -0.2) is 26.4 Å². The standard InChI is InChI=1S/C18H24N4O/c1-13(2)8-7-11-16(14(3)23)17(18-19-21-22-20-18)12-15-9-5-4-6-10-15/h4-6,8-10,16-17H,7,11-12H2,1-3H3,(H,19,20,21,22)/t16-,17+/m1/s1. The first-order valence-corrected chi connectivity index (χ1v) is 7.99. The Morgan fingerprint density at radius 3 is 2.52 bits per heavy atom. The lowest BCUT2D eigenvalue weighted by Gasteiger charge is -2.23. The second-order valence-corrected chi connectivity index (χ2v) is 6.16. The van der Waals surface area contributed by atoms with Crippen LogP contribution in [0.3, 0.4) is 0 Å². The molecule has 122 valence electrons. The number of allylic oxidation sites excluding steroid dienone is 2. The number of benzene rings is 1. The van der Waals surface area contributed by atoms with Crippen molar-refractivity contribution in [2.45, 2.75) is 46.0 Å². The summed E-state index contributed by atoms with van der Waals surface area (Å²) >= 11 is 0. The van der Waals surface area contributed by atoms with Gasteiger partial charge in [0.25, 0.3) is 0 Å². The summed E-state index contributed by atoms with van der Waals surface area (Å²) in [5, 5.41) is 14.3. The maximum atomic E-state index is 12.2. The molecule has 0 aliphatic rings. The molecule has 23 heavy (non-hydrogen) atoms. The largest absolute Gasteiger partial charge is 0.300 e. The first kappa shape index (κ1) is 17.1. The molecule has 0 bridgehead atoms. The van der Waals surface area contributed by atoms with E-state index in [4.69, 9.17) is 0 Å². The summed E-state index contributed by atoms with van der Waals surface area (Å²) in [4.78, 5) is 12.2. The number of hydrogen-bond acceptors (Lipinski definition) is 4. The number of carbonyl (C=O) groups is 1. The van der Waals surface area contributed by atoms with Crippen molar-refractivity contribution in [1.82, 2.24) is 20.6 Å². The van der Waals surface area contributed by atoms with Gasteiger partial charge in [0.15, 0.2) is 5.82 Å². The van der Waals surface area contributed by atoms with Crippen molar-refractivity contribution < 1.29 is 4.79 Å². The normalized spacial score (nSPS) is 13.3. The zero-order chi connectivity index (χ0) is 16.7. The van der Waals surface area contributed by atoms with Gasteiger partial charge in [-0.15, -0.1) is 5.10 Å². The Balaban J connectivity index is 2.22. The van der Waals surface area contributed by atoms with E-state index in [2.05, 4.69) is 52.7 Å².